The molecule has 3 heterocycles. The molecule has 25 heavy (non-hydrogen) atoms. The van der Waals surface area contributed by atoms with Gasteiger partial charge in [0.25, 0.3) is 0 Å². The van der Waals surface area contributed by atoms with E-state index in [-0.39, 0.29) is 0 Å². The van der Waals surface area contributed by atoms with Crippen LogP contribution in [0.4, 0.5) is 0 Å². The molecule has 0 spiro atoms. The van der Waals surface area contributed by atoms with Gasteiger partial charge in [-0.1, -0.05) is 24.3 Å². The number of piperazine rings is 1. The van der Waals surface area contributed by atoms with E-state index in [9.17, 15) is 0 Å². The number of thiophene rings is 1. The zero-order valence-electron chi connectivity index (χ0n) is 14.6. The zero-order chi connectivity index (χ0) is 17.1. The molecule has 1 aliphatic heterocycles. The maximum Gasteiger partial charge on any atom is 0.0932 e. The molecule has 2 aromatic heterocycles. The van der Waals surface area contributed by atoms with E-state index in [1.807, 2.05) is 0 Å². The third-order valence-electron chi connectivity index (χ3n) is 4.92. The third-order valence-corrected chi connectivity index (χ3v) is 5.61. The predicted octanol–water partition coefficient (Wildman–Crippen LogP) is 3.70. The standard InChI is InChI=1S/C20H24N4S/c1-17-4-2-3-5-18(17)14-22-9-11-23(12-10-22)16-24-8-6-20(21-24)19-7-13-25-15-19/h2-8,13,15H,9-12,14,16H2,1H3. The summed E-state index contributed by atoms with van der Waals surface area (Å²) in [5, 5.41) is 8.96. The van der Waals surface area contributed by atoms with Gasteiger partial charge in [0, 0.05) is 49.9 Å². The molecule has 0 bridgehead atoms. The molecular formula is C20H24N4S. The van der Waals surface area contributed by atoms with Gasteiger partial charge >= 0.3 is 0 Å². The van der Waals surface area contributed by atoms with Crippen LogP contribution < -0.4 is 0 Å². The Morgan fingerprint density at radius 3 is 2.56 bits per heavy atom. The highest BCUT2D eigenvalue weighted by molar-refractivity contribution is 7.08. The second kappa shape index (κ2) is 7.52. The summed E-state index contributed by atoms with van der Waals surface area (Å²) >= 11 is 1.72. The van der Waals surface area contributed by atoms with Gasteiger partial charge in [-0.25, -0.2) is 0 Å². The lowest BCUT2D eigenvalue weighted by molar-refractivity contribution is 0.0987. The van der Waals surface area contributed by atoms with Crippen LogP contribution in [0.2, 0.25) is 0 Å². The predicted molar refractivity (Wildman–Crippen MR) is 104 cm³/mol. The van der Waals surface area contributed by atoms with Crippen LogP contribution in [0.3, 0.4) is 0 Å². The molecule has 1 aromatic carbocycles. The van der Waals surface area contributed by atoms with E-state index in [0.717, 1.165) is 45.1 Å². The zero-order valence-corrected chi connectivity index (χ0v) is 15.5. The van der Waals surface area contributed by atoms with Crippen molar-refractivity contribution in [2.75, 3.05) is 26.2 Å². The van der Waals surface area contributed by atoms with Crippen LogP contribution in [0.25, 0.3) is 11.3 Å². The highest BCUT2D eigenvalue weighted by atomic mass is 32.1. The highest BCUT2D eigenvalue weighted by Gasteiger charge is 2.18. The van der Waals surface area contributed by atoms with Crippen molar-refractivity contribution in [3.63, 3.8) is 0 Å². The lowest BCUT2D eigenvalue weighted by atomic mass is 10.1. The summed E-state index contributed by atoms with van der Waals surface area (Å²) in [6.45, 7) is 8.57. The number of hydrogen-bond acceptors (Lipinski definition) is 4. The second-order valence-electron chi connectivity index (χ2n) is 6.71. The summed E-state index contributed by atoms with van der Waals surface area (Å²) in [6.07, 6.45) is 2.09. The first kappa shape index (κ1) is 16.5. The van der Waals surface area contributed by atoms with E-state index in [4.69, 9.17) is 5.10 Å². The molecule has 4 rings (SSSR count). The first-order chi connectivity index (χ1) is 12.3. The molecule has 5 heteroatoms. The van der Waals surface area contributed by atoms with Crippen LogP contribution in [0.1, 0.15) is 11.1 Å². The lowest BCUT2D eigenvalue weighted by Crippen LogP contribution is -2.46. The molecule has 3 aromatic rings. The molecule has 0 amide bonds. The maximum atomic E-state index is 4.71. The quantitative estimate of drug-likeness (QED) is 0.700. The van der Waals surface area contributed by atoms with E-state index in [2.05, 4.69) is 74.8 Å². The Morgan fingerprint density at radius 2 is 1.80 bits per heavy atom. The van der Waals surface area contributed by atoms with Crippen LogP contribution in [-0.4, -0.2) is 45.8 Å². The smallest absolute Gasteiger partial charge is 0.0932 e. The number of aryl methyl sites for hydroxylation is 1. The topological polar surface area (TPSA) is 24.3 Å². The Morgan fingerprint density at radius 1 is 1.00 bits per heavy atom. The fourth-order valence-electron chi connectivity index (χ4n) is 3.33. The van der Waals surface area contributed by atoms with Crippen LogP contribution >= 0.6 is 11.3 Å². The molecule has 0 N–H and O–H groups in total. The SMILES string of the molecule is Cc1ccccc1CN1CCN(Cn2ccc(-c3ccsc3)n2)CC1. The monoisotopic (exact) mass is 352 g/mol. The first-order valence-corrected chi connectivity index (χ1v) is 9.77. The van der Waals surface area contributed by atoms with Crippen molar-refractivity contribution in [1.29, 1.82) is 0 Å². The number of aromatic nitrogens is 2. The van der Waals surface area contributed by atoms with Gasteiger partial charge < -0.3 is 0 Å². The average Bonchev–Trinajstić information content (AvgIpc) is 3.30. The van der Waals surface area contributed by atoms with Gasteiger partial charge in [-0.3, -0.25) is 14.5 Å². The number of rotatable bonds is 5. The minimum Gasteiger partial charge on any atom is -0.297 e. The fourth-order valence-corrected chi connectivity index (χ4v) is 3.98. The van der Waals surface area contributed by atoms with Gasteiger partial charge in [-0.15, -0.1) is 0 Å². The lowest BCUT2D eigenvalue weighted by Gasteiger charge is -2.34. The maximum absolute atomic E-state index is 4.71. The Hall–Kier alpha value is -1.95. The molecule has 130 valence electrons. The third kappa shape index (κ3) is 4.00. The molecule has 0 unspecified atom stereocenters. The van der Waals surface area contributed by atoms with Gasteiger partial charge in [0.05, 0.1) is 12.4 Å². The van der Waals surface area contributed by atoms with Gasteiger partial charge in [-0.05, 0) is 35.6 Å². The Kier molecular flexibility index (Phi) is 4.97. The second-order valence-corrected chi connectivity index (χ2v) is 7.49. The first-order valence-electron chi connectivity index (χ1n) is 8.83. The summed E-state index contributed by atoms with van der Waals surface area (Å²) < 4.78 is 2.06. The van der Waals surface area contributed by atoms with Crippen molar-refractivity contribution in [2.24, 2.45) is 0 Å². The van der Waals surface area contributed by atoms with Crippen LogP contribution in [0.5, 0.6) is 0 Å². The van der Waals surface area contributed by atoms with E-state index >= 15 is 0 Å². The van der Waals surface area contributed by atoms with Crippen LogP contribution in [-0.2, 0) is 13.2 Å². The summed E-state index contributed by atoms with van der Waals surface area (Å²) in [6, 6.07) is 12.9. The molecule has 0 atom stereocenters. The van der Waals surface area contributed by atoms with E-state index in [1.54, 1.807) is 11.3 Å². The molecular weight excluding hydrogens is 328 g/mol. The van der Waals surface area contributed by atoms with Crippen molar-refractivity contribution in [1.82, 2.24) is 19.6 Å². The fraction of sp³-hybridized carbons (Fsp3) is 0.350. The molecule has 1 fully saturated rings. The summed E-state index contributed by atoms with van der Waals surface area (Å²) in [5.41, 5.74) is 5.12. The summed E-state index contributed by atoms with van der Waals surface area (Å²) in [7, 11) is 0. The van der Waals surface area contributed by atoms with E-state index in [1.165, 1.54) is 16.7 Å². The molecule has 1 saturated heterocycles. The van der Waals surface area contributed by atoms with Crippen molar-refractivity contribution in [3.8, 4) is 11.3 Å². The largest absolute Gasteiger partial charge is 0.297 e. The molecule has 1 aliphatic rings. The molecule has 0 saturated carbocycles. The van der Waals surface area contributed by atoms with Gasteiger partial charge in [0.1, 0.15) is 0 Å². The van der Waals surface area contributed by atoms with Gasteiger partial charge in [0.15, 0.2) is 0 Å². The Bertz CT molecular complexity index is 801. The number of hydrogen-bond donors (Lipinski definition) is 0. The van der Waals surface area contributed by atoms with Crippen molar-refractivity contribution in [3.05, 3.63) is 64.5 Å². The Labute approximate surface area is 153 Å². The van der Waals surface area contributed by atoms with Crippen molar-refractivity contribution >= 4 is 11.3 Å². The van der Waals surface area contributed by atoms with Crippen molar-refractivity contribution < 1.29 is 0 Å². The highest BCUT2D eigenvalue weighted by Crippen LogP contribution is 2.20. The number of nitrogens with zero attached hydrogens (tertiary/aromatic N) is 4. The molecule has 4 nitrogen and oxygen atoms in total. The minimum absolute atomic E-state index is 0.877. The molecule has 0 radical (unpaired) electrons. The normalized spacial score (nSPS) is 16.4. The Balaban J connectivity index is 1.30. The number of benzene rings is 1. The van der Waals surface area contributed by atoms with Crippen LogP contribution in [0.15, 0.2) is 53.4 Å². The van der Waals surface area contributed by atoms with Crippen LogP contribution in [0, 0.1) is 6.92 Å². The van der Waals surface area contributed by atoms with Gasteiger partial charge in [0.2, 0.25) is 0 Å². The minimum atomic E-state index is 0.877. The van der Waals surface area contributed by atoms with E-state index < -0.39 is 0 Å². The van der Waals surface area contributed by atoms with Gasteiger partial charge in [-0.2, -0.15) is 16.4 Å². The average molecular weight is 353 g/mol. The van der Waals surface area contributed by atoms with E-state index in [0.29, 0.717) is 0 Å². The van der Waals surface area contributed by atoms with Crippen molar-refractivity contribution in [2.45, 2.75) is 20.1 Å². The summed E-state index contributed by atoms with van der Waals surface area (Å²) in [4.78, 5) is 5.04. The molecule has 0 aliphatic carbocycles. The summed E-state index contributed by atoms with van der Waals surface area (Å²) in [5.74, 6) is 0.